The van der Waals surface area contributed by atoms with Gasteiger partial charge in [-0.25, -0.2) is 0 Å². The molecule has 1 atom stereocenters. The molecule has 20 heavy (non-hydrogen) atoms. The van der Waals surface area contributed by atoms with E-state index in [1.54, 1.807) is 5.56 Å². The lowest BCUT2D eigenvalue weighted by Gasteiger charge is -2.32. The smallest absolute Gasteiger partial charge is 0.0351 e. The molecule has 0 spiro atoms. The number of rotatable bonds is 3. The van der Waals surface area contributed by atoms with Crippen LogP contribution < -0.4 is 5.32 Å². The van der Waals surface area contributed by atoms with Crippen molar-refractivity contribution in [3.63, 3.8) is 0 Å². The van der Waals surface area contributed by atoms with Crippen LogP contribution >= 0.6 is 0 Å². The van der Waals surface area contributed by atoms with Gasteiger partial charge in [0.15, 0.2) is 0 Å². The van der Waals surface area contributed by atoms with Crippen LogP contribution in [0.1, 0.15) is 48.4 Å². The van der Waals surface area contributed by atoms with Crippen molar-refractivity contribution < 1.29 is 0 Å². The molecule has 0 radical (unpaired) electrons. The van der Waals surface area contributed by atoms with Crippen LogP contribution in [-0.4, -0.2) is 31.1 Å². The summed E-state index contributed by atoms with van der Waals surface area (Å²) >= 11 is 0. The standard InChI is InChI=1S/C18H28N2/c1-14-5-3-6-17(15(14)2)18-7-4-12-20(18)13-16-8-10-19-11-9-16/h3,5-6,16,18-19H,4,7-13H2,1-2H3. The van der Waals surface area contributed by atoms with Crippen molar-refractivity contribution in [2.24, 2.45) is 5.92 Å². The summed E-state index contributed by atoms with van der Waals surface area (Å²) in [5.74, 6) is 0.905. The van der Waals surface area contributed by atoms with Gasteiger partial charge in [0, 0.05) is 12.6 Å². The van der Waals surface area contributed by atoms with E-state index in [1.165, 1.54) is 63.0 Å². The lowest BCUT2D eigenvalue weighted by molar-refractivity contribution is 0.192. The van der Waals surface area contributed by atoms with Gasteiger partial charge in [0.05, 0.1) is 0 Å². The number of nitrogens with zero attached hydrogens (tertiary/aromatic N) is 1. The molecule has 1 aromatic carbocycles. The lowest BCUT2D eigenvalue weighted by Crippen LogP contribution is -2.36. The van der Waals surface area contributed by atoms with E-state index in [0.717, 1.165) is 5.92 Å². The van der Waals surface area contributed by atoms with Gasteiger partial charge in [-0.2, -0.15) is 0 Å². The van der Waals surface area contributed by atoms with Crippen LogP contribution in [0.5, 0.6) is 0 Å². The van der Waals surface area contributed by atoms with E-state index < -0.39 is 0 Å². The highest BCUT2D eigenvalue weighted by Gasteiger charge is 2.29. The van der Waals surface area contributed by atoms with Crippen LogP contribution in [0.25, 0.3) is 0 Å². The first-order chi connectivity index (χ1) is 9.75. The van der Waals surface area contributed by atoms with Gasteiger partial charge in [-0.1, -0.05) is 18.2 Å². The molecule has 3 rings (SSSR count). The van der Waals surface area contributed by atoms with Crippen LogP contribution in [0.4, 0.5) is 0 Å². The zero-order chi connectivity index (χ0) is 13.9. The van der Waals surface area contributed by atoms with Gasteiger partial charge in [-0.15, -0.1) is 0 Å². The van der Waals surface area contributed by atoms with Crippen molar-refractivity contribution >= 4 is 0 Å². The molecule has 0 aromatic heterocycles. The zero-order valence-electron chi connectivity index (χ0n) is 13.0. The second-order valence-corrected chi connectivity index (χ2v) is 6.64. The third kappa shape index (κ3) is 2.91. The average molecular weight is 272 g/mol. The molecule has 0 saturated carbocycles. The van der Waals surface area contributed by atoms with Crippen molar-refractivity contribution in [3.05, 3.63) is 34.9 Å². The summed E-state index contributed by atoms with van der Waals surface area (Å²) in [7, 11) is 0. The van der Waals surface area contributed by atoms with Gasteiger partial charge in [0.2, 0.25) is 0 Å². The van der Waals surface area contributed by atoms with E-state index in [9.17, 15) is 0 Å². The summed E-state index contributed by atoms with van der Waals surface area (Å²) in [6, 6.07) is 7.50. The molecule has 1 unspecified atom stereocenters. The molecule has 0 aliphatic carbocycles. The SMILES string of the molecule is Cc1cccc(C2CCCN2CC2CCNCC2)c1C. The Morgan fingerprint density at radius 1 is 1.15 bits per heavy atom. The molecular formula is C18H28N2. The van der Waals surface area contributed by atoms with Gasteiger partial charge in [0.25, 0.3) is 0 Å². The van der Waals surface area contributed by atoms with Crippen molar-refractivity contribution in [2.45, 2.75) is 45.6 Å². The molecule has 2 saturated heterocycles. The lowest BCUT2D eigenvalue weighted by atomic mass is 9.94. The Morgan fingerprint density at radius 3 is 2.75 bits per heavy atom. The Kier molecular flexibility index (Phi) is 4.42. The van der Waals surface area contributed by atoms with E-state index in [4.69, 9.17) is 0 Å². The molecule has 0 amide bonds. The minimum Gasteiger partial charge on any atom is -0.317 e. The zero-order valence-corrected chi connectivity index (χ0v) is 13.0. The number of hydrogen-bond acceptors (Lipinski definition) is 2. The van der Waals surface area contributed by atoms with E-state index in [2.05, 4.69) is 42.3 Å². The maximum Gasteiger partial charge on any atom is 0.0351 e. The Bertz CT molecular complexity index is 449. The Labute approximate surface area is 123 Å². The van der Waals surface area contributed by atoms with Gasteiger partial charge in [0.1, 0.15) is 0 Å². The van der Waals surface area contributed by atoms with Crippen molar-refractivity contribution in [1.29, 1.82) is 0 Å². The number of hydrogen-bond donors (Lipinski definition) is 1. The van der Waals surface area contributed by atoms with Crippen molar-refractivity contribution in [1.82, 2.24) is 10.2 Å². The number of likely N-dealkylation sites (tertiary alicyclic amines) is 1. The molecule has 110 valence electrons. The molecule has 2 fully saturated rings. The van der Waals surface area contributed by atoms with Gasteiger partial charge >= 0.3 is 0 Å². The minimum atomic E-state index is 0.671. The summed E-state index contributed by atoms with van der Waals surface area (Å²) in [5.41, 5.74) is 4.53. The largest absolute Gasteiger partial charge is 0.317 e. The van der Waals surface area contributed by atoms with E-state index in [0.29, 0.717) is 6.04 Å². The third-order valence-corrected chi connectivity index (χ3v) is 5.32. The molecule has 1 aromatic rings. The van der Waals surface area contributed by atoms with Gasteiger partial charge < -0.3 is 5.32 Å². The van der Waals surface area contributed by atoms with Crippen molar-refractivity contribution in [2.75, 3.05) is 26.2 Å². The first-order valence-corrected chi connectivity index (χ1v) is 8.26. The Balaban J connectivity index is 1.73. The number of piperidine rings is 1. The molecule has 2 aliphatic heterocycles. The van der Waals surface area contributed by atoms with Gasteiger partial charge in [-0.3, -0.25) is 4.90 Å². The topological polar surface area (TPSA) is 15.3 Å². The van der Waals surface area contributed by atoms with Crippen LogP contribution in [0.2, 0.25) is 0 Å². The number of nitrogens with one attached hydrogen (secondary N) is 1. The molecule has 0 bridgehead atoms. The molecule has 1 N–H and O–H groups in total. The summed E-state index contributed by atoms with van der Waals surface area (Å²) in [4.78, 5) is 2.76. The molecule has 2 nitrogen and oxygen atoms in total. The summed E-state index contributed by atoms with van der Waals surface area (Å²) in [6.45, 7) is 9.57. The van der Waals surface area contributed by atoms with Crippen molar-refractivity contribution in [3.8, 4) is 0 Å². The highest BCUT2D eigenvalue weighted by atomic mass is 15.2. The summed E-state index contributed by atoms with van der Waals surface area (Å²) < 4.78 is 0. The highest BCUT2D eigenvalue weighted by molar-refractivity contribution is 5.35. The molecular weight excluding hydrogens is 244 g/mol. The number of aryl methyl sites for hydroxylation is 1. The summed E-state index contributed by atoms with van der Waals surface area (Å²) in [5, 5.41) is 3.48. The maximum absolute atomic E-state index is 3.48. The average Bonchev–Trinajstić information content (AvgIpc) is 2.91. The first kappa shape index (κ1) is 14.1. The van der Waals surface area contributed by atoms with Crippen LogP contribution in [-0.2, 0) is 0 Å². The number of benzene rings is 1. The van der Waals surface area contributed by atoms with Gasteiger partial charge in [-0.05, 0) is 81.8 Å². The van der Waals surface area contributed by atoms with E-state index in [-0.39, 0.29) is 0 Å². The van der Waals surface area contributed by atoms with E-state index in [1.807, 2.05) is 0 Å². The Morgan fingerprint density at radius 2 is 1.95 bits per heavy atom. The minimum absolute atomic E-state index is 0.671. The fourth-order valence-electron chi connectivity index (χ4n) is 3.93. The van der Waals surface area contributed by atoms with Crippen LogP contribution in [0, 0.1) is 19.8 Å². The summed E-state index contributed by atoms with van der Waals surface area (Å²) in [6.07, 6.45) is 5.42. The molecule has 2 aliphatic rings. The second kappa shape index (κ2) is 6.28. The normalized spacial score (nSPS) is 25.2. The predicted octanol–water partition coefficient (Wildman–Crippen LogP) is 3.44. The van der Waals surface area contributed by atoms with E-state index >= 15 is 0 Å². The second-order valence-electron chi connectivity index (χ2n) is 6.64. The monoisotopic (exact) mass is 272 g/mol. The maximum atomic E-state index is 3.48. The van der Waals surface area contributed by atoms with Crippen LogP contribution in [0.15, 0.2) is 18.2 Å². The fourth-order valence-corrected chi connectivity index (χ4v) is 3.93. The van der Waals surface area contributed by atoms with Crippen LogP contribution in [0.3, 0.4) is 0 Å². The molecule has 2 heterocycles. The molecule has 2 heteroatoms. The third-order valence-electron chi connectivity index (χ3n) is 5.32. The first-order valence-electron chi connectivity index (χ1n) is 8.26. The quantitative estimate of drug-likeness (QED) is 0.907. The Hall–Kier alpha value is -0.860. The fraction of sp³-hybridized carbons (Fsp3) is 0.667. The predicted molar refractivity (Wildman–Crippen MR) is 85.1 cm³/mol. The highest BCUT2D eigenvalue weighted by Crippen LogP contribution is 2.35.